The number of carboxylic acid groups (broad SMARTS) is 2. The molecular formula is C56H41N3O4S4. The third kappa shape index (κ3) is 11.9. The molecule has 67 heavy (non-hydrogen) atoms. The molecule has 4 aromatic carbocycles. The number of nitriles is 2. The van der Waals surface area contributed by atoms with Crippen LogP contribution in [-0.4, -0.2) is 27.4 Å². The van der Waals surface area contributed by atoms with E-state index in [4.69, 9.17) is 10.5 Å². The number of anilines is 3. The molecule has 1 aliphatic heterocycles. The zero-order valence-electron chi connectivity index (χ0n) is 36.3. The lowest BCUT2D eigenvalue weighted by Gasteiger charge is -2.26. The van der Waals surface area contributed by atoms with Crippen LogP contribution in [0.3, 0.4) is 0 Å². The van der Waals surface area contributed by atoms with Crippen LogP contribution in [0, 0.1) is 36.5 Å². The summed E-state index contributed by atoms with van der Waals surface area (Å²) in [4.78, 5) is 32.0. The van der Waals surface area contributed by atoms with Crippen LogP contribution in [0.4, 0.5) is 17.1 Å². The highest BCUT2D eigenvalue weighted by Crippen LogP contribution is 2.43. The maximum Gasteiger partial charge on any atom is 0.346 e. The summed E-state index contributed by atoms with van der Waals surface area (Å²) in [6.07, 6.45) is 18.4. The Morgan fingerprint density at radius 1 is 0.552 bits per heavy atom. The van der Waals surface area contributed by atoms with Gasteiger partial charge in [-0.2, -0.15) is 10.5 Å². The zero-order valence-corrected chi connectivity index (χ0v) is 39.6. The van der Waals surface area contributed by atoms with E-state index in [0.29, 0.717) is 11.3 Å². The molecule has 0 saturated heterocycles. The van der Waals surface area contributed by atoms with Gasteiger partial charge in [-0.1, -0.05) is 96.1 Å². The Kier molecular flexibility index (Phi) is 14.6. The minimum absolute atomic E-state index is 0.0717. The number of hydrogen-bond acceptors (Lipinski definition) is 9. The number of thioether (sulfide) groups is 1. The second kappa shape index (κ2) is 21.2. The van der Waals surface area contributed by atoms with Crippen LogP contribution in [0.25, 0.3) is 57.2 Å². The van der Waals surface area contributed by atoms with Crippen molar-refractivity contribution in [2.24, 2.45) is 0 Å². The van der Waals surface area contributed by atoms with E-state index in [0.717, 1.165) is 63.0 Å². The van der Waals surface area contributed by atoms with E-state index in [1.54, 1.807) is 46.6 Å². The quantitative estimate of drug-likeness (QED) is 0.0591. The Balaban J connectivity index is 0.994. The van der Waals surface area contributed by atoms with Crippen molar-refractivity contribution in [3.05, 3.63) is 204 Å². The van der Waals surface area contributed by atoms with Gasteiger partial charge in [-0.05, 0) is 140 Å². The molecule has 0 spiro atoms. The molecule has 4 heterocycles. The monoisotopic (exact) mass is 947 g/mol. The summed E-state index contributed by atoms with van der Waals surface area (Å²) < 4.78 is 0. The molecule has 2 N–H and O–H groups in total. The second-order valence-electron chi connectivity index (χ2n) is 15.6. The first kappa shape index (κ1) is 46.0. The fraction of sp³-hybridized carbons (Fsp3) is 0.0714. The lowest BCUT2D eigenvalue weighted by atomic mass is 10.1. The van der Waals surface area contributed by atoms with Crippen LogP contribution in [-0.2, 0) is 9.59 Å². The molecule has 0 bridgehead atoms. The lowest BCUT2D eigenvalue weighted by Crippen LogP contribution is -2.09. The number of aliphatic carboxylic acids is 2. The van der Waals surface area contributed by atoms with Crippen LogP contribution in [0.5, 0.6) is 0 Å². The molecular weight excluding hydrogens is 907 g/mol. The molecule has 0 saturated carbocycles. The topological polar surface area (TPSA) is 125 Å². The average molecular weight is 948 g/mol. The van der Waals surface area contributed by atoms with Crippen molar-refractivity contribution in [1.82, 2.24) is 0 Å². The van der Waals surface area contributed by atoms with Crippen LogP contribution < -0.4 is 4.90 Å². The molecule has 7 aromatic rings. The highest BCUT2D eigenvalue weighted by atomic mass is 32.2. The number of thiophene rings is 3. The number of nitrogens with zero attached hydrogens (tertiary/aromatic N) is 3. The van der Waals surface area contributed by atoms with Gasteiger partial charge in [0, 0.05) is 56.5 Å². The maximum absolute atomic E-state index is 11.3. The minimum atomic E-state index is -1.24. The Labute approximate surface area is 405 Å². The summed E-state index contributed by atoms with van der Waals surface area (Å²) >= 11 is 6.36. The standard InChI is InChI=1S/C56H41N3O4S4/c1-36-29-37(2)31-41(30-36)4-3-38-5-13-44(14-6-38)59(45-15-7-39(8-16-45)11-19-47-21-25-51(64-47)53-27-23-49(66-53)32-42(34-57)55(60)61)46-17-9-40(10-18-46)12-20-48-22-26-52(65-48)54-28-24-50(67-54)33-43(35-58)56(62)63/h3-23,25-33,50H,24H2,1-2H3,(H,60,61)(H,62,63)/b4-3+,19-11+,20-12+,42-32+,43-33+. The van der Waals surface area contributed by atoms with Gasteiger partial charge in [0.2, 0.25) is 0 Å². The van der Waals surface area contributed by atoms with E-state index >= 15 is 0 Å². The number of aryl methyl sites for hydroxylation is 2. The van der Waals surface area contributed by atoms with Crippen LogP contribution >= 0.6 is 45.8 Å². The summed E-state index contributed by atoms with van der Waals surface area (Å²) in [5.74, 6) is -2.43. The zero-order chi connectivity index (χ0) is 46.9. The molecule has 1 atom stereocenters. The Hall–Kier alpha value is -7.51. The Bertz CT molecular complexity index is 3220. The van der Waals surface area contributed by atoms with Gasteiger partial charge in [0.1, 0.15) is 23.3 Å². The first-order valence-corrected chi connectivity index (χ1v) is 24.4. The number of carboxylic acids is 2. The third-order valence-electron chi connectivity index (χ3n) is 10.6. The van der Waals surface area contributed by atoms with E-state index < -0.39 is 11.9 Å². The van der Waals surface area contributed by atoms with Gasteiger partial charge in [-0.3, -0.25) is 0 Å². The summed E-state index contributed by atoms with van der Waals surface area (Å²) in [6.45, 7) is 4.23. The summed E-state index contributed by atoms with van der Waals surface area (Å²) in [5, 5.41) is 36.7. The van der Waals surface area contributed by atoms with Crippen molar-refractivity contribution in [3.63, 3.8) is 0 Å². The first-order valence-electron chi connectivity index (χ1n) is 21.1. The lowest BCUT2D eigenvalue weighted by molar-refractivity contribution is -0.133. The third-order valence-corrected chi connectivity index (χ3v) is 15.3. The average Bonchev–Trinajstić information content (AvgIpc) is 4.17. The van der Waals surface area contributed by atoms with E-state index in [2.05, 4.69) is 177 Å². The van der Waals surface area contributed by atoms with Gasteiger partial charge >= 0.3 is 11.9 Å². The highest BCUT2D eigenvalue weighted by molar-refractivity contribution is 8.09. The van der Waals surface area contributed by atoms with Gasteiger partial charge in [0.15, 0.2) is 0 Å². The predicted octanol–water partition coefficient (Wildman–Crippen LogP) is 15.5. The van der Waals surface area contributed by atoms with Crippen molar-refractivity contribution < 1.29 is 19.8 Å². The highest BCUT2D eigenvalue weighted by Gasteiger charge is 2.21. The van der Waals surface area contributed by atoms with Crippen LogP contribution in [0.1, 0.15) is 59.3 Å². The summed E-state index contributed by atoms with van der Waals surface area (Å²) in [7, 11) is 0. The molecule has 0 aliphatic carbocycles. The van der Waals surface area contributed by atoms with Crippen molar-refractivity contribution in [2.45, 2.75) is 25.5 Å². The maximum atomic E-state index is 11.3. The molecule has 1 aliphatic rings. The van der Waals surface area contributed by atoms with Crippen molar-refractivity contribution in [1.29, 1.82) is 10.5 Å². The predicted molar refractivity (Wildman–Crippen MR) is 282 cm³/mol. The molecule has 0 radical (unpaired) electrons. The van der Waals surface area contributed by atoms with E-state index in [1.165, 1.54) is 40.2 Å². The molecule has 1 unspecified atom stereocenters. The molecule has 8 rings (SSSR count). The van der Waals surface area contributed by atoms with Crippen LogP contribution in [0.2, 0.25) is 0 Å². The van der Waals surface area contributed by atoms with Gasteiger partial charge in [0.25, 0.3) is 0 Å². The number of benzene rings is 4. The Morgan fingerprint density at radius 2 is 0.985 bits per heavy atom. The first-order chi connectivity index (χ1) is 32.5. The molecule has 328 valence electrons. The van der Waals surface area contributed by atoms with E-state index in [9.17, 15) is 19.8 Å². The SMILES string of the molecule is Cc1cc(C)cc(/C=C/c2ccc(N(c3ccc(/C=C/c4ccc(C5=CCC(/C=C(\C#N)C(=O)O)S5)s4)cc3)c3ccc(/C=C/c4ccc(-c5ccc(/C=C(\C#N)C(=O)O)s5)s4)cc3)cc2)c1. The molecule has 3 aromatic heterocycles. The number of hydrogen-bond donors (Lipinski definition) is 2. The van der Waals surface area contributed by atoms with Gasteiger partial charge in [-0.15, -0.1) is 45.8 Å². The van der Waals surface area contributed by atoms with Crippen LogP contribution in [0.15, 0.2) is 151 Å². The summed E-state index contributed by atoms with van der Waals surface area (Å²) in [6, 6.07) is 47.7. The molecule has 0 fully saturated rings. The van der Waals surface area contributed by atoms with Gasteiger partial charge < -0.3 is 15.1 Å². The van der Waals surface area contributed by atoms with Crippen molar-refractivity contribution in [2.75, 3.05) is 4.90 Å². The van der Waals surface area contributed by atoms with E-state index in [1.807, 2.05) is 12.1 Å². The Morgan fingerprint density at radius 3 is 1.48 bits per heavy atom. The normalized spacial score (nSPS) is 14.1. The minimum Gasteiger partial charge on any atom is -0.477 e. The molecule has 7 nitrogen and oxygen atoms in total. The smallest absolute Gasteiger partial charge is 0.346 e. The van der Waals surface area contributed by atoms with Crippen molar-refractivity contribution >= 4 is 122 Å². The van der Waals surface area contributed by atoms with Gasteiger partial charge in [-0.25, -0.2) is 9.59 Å². The fourth-order valence-electron chi connectivity index (χ4n) is 7.39. The number of carbonyl (C=O) groups is 2. The molecule has 0 amide bonds. The summed E-state index contributed by atoms with van der Waals surface area (Å²) in [5.41, 5.74) is 9.40. The molecule has 11 heteroatoms. The fourth-order valence-corrected chi connectivity index (χ4v) is 11.6. The number of rotatable bonds is 15. The second-order valence-corrected chi connectivity index (χ2v) is 20.2. The van der Waals surface area contributed by atoms with Gasteiger partial charge in [0.05, 0.1) is 0 Å². The van der Waals surface area contributed by atoms with E-state index in [-0.39, 0.29) is 16.4 Å². The largest absolute Gasteiger partial charge is 0.477 e. The number of allylic oxidation sites excluding steroid dienone is 1. The van der Waals surface area contributed by atoms with Crippen molar-refractivity contribution in [3.8, 4) is 21.9 Å².